The van der Waals surface area contributed by atoms with Crippen molar-refractivity contribution in [3.05, 3.63) is 121 Å². The lowest BCUT2D eigenvalue weighted by atomic mass is 10.1. The molecule has 2 aliphatic rings. The molecule has 1 aliphatic heterocycles. The Morgan fingerprint density at radius 1 is 0.981 bits per heavy atom. The number of nitrogens with zero attached hydrogens (tertiary/aromatic N) is 3. The van der Waals surface area contributed by atoms with E-state index >= 15 is 0 Å². The average molecular weight is 726 g/mol. The Balaban J connectivity index is 0.000000252. The molecule has 0 radical (unpaired) electrons. The molecule has 282 valence electrons. The standard InChI is InChI=1S/C29H35N3O3.C15H18F2O/c1-3-4-5-6-10-29(33)35-18-17-34-28-19-24(12-11-23(28)2)21-31-15-16-32(22-31)27-9-7-8-25-20-30-14-13-26(25)27;16-15(17,11-10-13-6-4-5-7-13)12-18-14-8-2-1-3-9-14/h3-4,7-9,11-14,19-20H,5-6,10,15-18,21-22H2,1-2H3;1-3,8-11,13H,4-7,12H2/b4-3-;11-10+. The zero-order valence-corrected chi connectivity index (χ0v) is 31.1. The summed E-state index contributed by atoms with van der Waals surface area (Å²) in [7, 11) is 0. The Labute approximate surface area is 313 Å². The fourth-order valence-electron chi connectivity index (χ4n) is 6.59. The van der Waals surface area contributed by atoms with E-state index in [9.17, 15) is 13.6 Å². The number of hydrogen-bond donors (Lipinski definition) is 0. The van der Waals surface area contributed by atoms with E-state index in [1.165, 1.54) is 22.0 Å². The van der Waals surface area contributed by atoms with E-state index in [4.69, 9.17) is 14.2 Å². The third-order valence-electron chi connectivity index (χ3n) is 9.49. The van der Waals surface area contributed by atoms with Gasteiger partial charge in [-0.3, -0.25) is 14.7 Å². The van der Waals surface area contributed by atoms with Gasteiger partial charge in [-0.2, -0.15) is 8.78 Å². The number of pyridine rings is 1. The number of benzene rings is 3. The lowest BCUT2D eigenvalue weighted by Crippen LogP contribution is -2.25. The smallest absolute Gasteiger partial charge is 0.305 e. The fourth-order valence-corrected chi connectivity index (χ4v) is 6.59. The third-order valence-corrected chi connectivity index (χ3v) is 9.49. The number of carbonyl (C=O) groups is 1. The van der Waals surface area contributed by atoms with Crippen LogP contribution < -0.4 is 14.4 Å². The Morgan fingerprint density at radius 3 is 2.62 bits per heavy atom. The van der Waals surface area contributed by atoms with Crippen molar-refractivity contribution in [1.82, 2.24) is 9.88 Å². The van der Waals surface area contributed by atoms with Crippen LogP contribution in [-0.2, 0) is 16.1 Å². The van der Waals surface area contributed by atoms with Crippen LogP contribution in [0.2, 0.25) is 0 Å². The summed E-state index contributed by atoms with van der Waals surface area (Å²) in [6, 6.07) is 23.6. The van der Waals surface area contributed by atoms with Crippen molar-refractivity contribution >= 4 is 22.4 Å². The van der Waals surface area contributed by atoms with Crippen molar-refractivity contribution in [2.75, 3.05) is 44.5 Å². The van der Waals surface area contributed by atoms with Crippen molar-refractivity contribution in [2.24, 2.45) is 5.92 Å². The van der Waals surface area contributed by atoms with Crippen molar-refractivity contribution in [2.45, 2.75) is 71.3 Å². The highest BCUT2D eigenvalue weighted by molar-refractivity contribution is 5.93. The molecule has 7 nitrogen and oxygen atoms in total. The minimum Gasteiger partial charge on any atom is -0.490 e. The molecule has 3 aromatic carbocycles. The van der Waals surface area contributed by atoms with Gasteiger partial charge in [-0.25, -0.2) is 0 Å². The van der Waals surface area contributed by atoms with Gasteiger partial charge in [-0.1, -0.05) is 73.5 Å². The van der Waals surface area contributed by atoms with Crippen molar-refractivity contribution in [3.63, 3.8) is 0 Å². The van der Waals surface area contributed by atoms with Crippen molar-refractivity contribution < 1.29 is 27.8 Å². The van der Waals surface area contributed by atoms with E-state index in [1.54, 1.807) is 30.3 Å². The molecular weight excluding hydrogens is 672 g/mol. The van der Waals surface area contributed by atoms with Crippen LogP contribution in [0, 0.1) is 12.8 Å². The maximum Gasteiger partial charge on any atom is 0.305 e. The molecule has 1 saturated carbocycles. The number of carbonyl (C=O) groups excluding carboxylic acids is 1. The summed E-state index contributed by atoms with van der Waals surface area (Å²) in [5.74, 6) is -1.40. The summed E-state index contributed by atoms with van der Waals surface area (Å²) in [4.78, 5) is 21.0. The van der Waals surface area contributed by atoms with Crippen LogP contribution in [0.5, 0.6) is 11.5 Å². The molecule has 53 heavy (non-hydrogen) atoms. The molecule has 4 aromatic rings. The molecule has 0 amide bonds. The summed E-state index contributed by atoms with van der Waals surface area (Å²) < 4.78 is 43.4. The minimum atomic E-state index is -2.89. The number of alkyl halides is 2. The van der Waals surface area contributed by atoms with Gasteiger partial charge in [-0.05, 0) is 93.0 Å². The van der Waals surface area contributed by atoms with Crippen LogP contribution in [0.1, 0.15) is 63.0 Å². The van der Waals surface area contributed by atoms with E-state index in [0.717, 1.165) is 82.2 Å². The SMILES string of the molecule is C/C=C\CCCC(=O)OCCOc1cc(CN2CCN(c3cccc4cnccc34)C2)ccc1C.FC(F)(/C=C/C1CCCC1)COc1ccccc1. The quantitative estimate of drug-likeness (QED) is 0.0648. The summed E-state index contributed by atoms with van der Waals surface area (Å²) in [5, 5.41) is 2.41. The van der Waals surface area contributed by atoms with Gasteiger partial charge in [0.25, 0.3) is 5.92 Å². The summed E-state index contributed by atoms with van der Waals surface area (Å²) in [5.41, 5.74) is 3.56. The number of esters is 1. The van der Waals surface area contributed by atoms with Gasteiger partial charge < -0.3 is 19.1 Å². The molecule has 0 spiro atoms. The van der Waals surface area contributed by atoms with Crippen LogP contribution in [-0.4, -0.2) is 61.4 Å². The number of rotatable bonds is 16. The van der Waals surface area contributed by atoms with E-state index in [1.807, 2.05) is 38.4 Å². The first kappa shape index (κ1) is 39.4. The van der Waals surface area contributed by atoms with Crippen LogP contribution in [0.3, 0.4) is 0 Å². The third kappa shape index (κ3) is 13.0. The first-order chi connectivity index (χ1) is 25.8. The van der Waals surface area contributed by atoms with Crippen LogP contribution in [0.15, 0.2) is 109 Å². The van der Waals surface area contributed by atoms with Crippen molar-refractivity contribution in [1.29, 1.82) is 0 Å². The Morgan fingerprint density at radius 2 is 1.81 bits per heavy atom. The second-order valence-electron chi connectivity index (χ2n) is 13.7. The molecule has 2 heterocycles. The van der Waals surface area contributed by atoms with Crippen LogP contribution in [0.4, 0.5) is 14.5 Å². The number of unbranched alkanes of at least 4 members (excludes halogenated alkanes) is 1. The summed E-state index contributed by atoms with van der Waals surface area (Å²) in [6.45, 7) is 7.81. The maximum atomic E-state index is 13.6. The number of aryl methyl sites for hydroxylation is 1. The van der Waals surface area contributed by atoms with Gasteiger partial charge in [0, 0.05) is 54.9 Å². The van der Waals surface area contributed by atoms with Gasteiger partial charge >= 0.3 is 5.97 Å². The van der Waals surface area contributed by atoms with Crippen LogP contribution >= 0.6 is 0 Å². The Kier molecular flexibility index (Phi) is 15.2. The summed E-state index contributed by atoms with van der Waals surface area (Å²) >= 11 is 0. The Bertz CT molecular complexity index is 1770. The molecule has 0 N–H and O–H groups in total. The van der Waals surface area contributed by atoms with Gasteiger partial charge in [0.05, 0.1) is 6.67 Å². The number of allylic oxidation sites excluding steroid dienone is 3. The highest BCUT2D eigenvalue weighted by atomic mass is 19.3. The molecule has 6 rings (SSSR count). The zero-order valence-electron chi connectivity index (χ0n) is 31.1. The predicted octanol–water partition coefficient (Wildman–Crippen LogP) is 9.94. The van der Waals surface area contributed by atoms with Gasteiger partial charge in [0.1, 0.15) is 24.7 Å². The largest absolute Gasteiger partial charge is 0.490 e. The molecule has 1 saturated heterocycles. The van der Waals surface area contributed by atoms with Crippen LogP contribution in [0.25, 0.3) is 10.8 Å². The lowest BCUT2D eigenvalue weighted by Gasteiger charge is -2.22. The predicted molar refractivity (Wildman–Crippen MR) is 209 cm³/mol. The number of halogens is 2. The van der Waals surface area contributed by atoms with Gasteiger partial charge in [0.2, 0.25) is 0 Å². The molecule has 0 bridgehead atoms. The second-order valence-corrected chi connectivity index (χ2v) is 13.7. The lowest BCUT2D eigenvalue weighted by molar-refractivity contribution is -0.144. The van der Waals surface area contributed by atoms with Crippen molar-refractivity contribution in [3.8, 4) is 11.5 Å². The number of para-hydroxylation sites is 1. The monoisotopic (exact) mass is 725 g/mol. The van der Waals surface area contributed by atoms with E-state index in [2.05, 4.69) is 63.3 Å². The van der Waals surface area contributed by atoms with E-state index in [-0.39, 0.29) is 12.6 Å². The Hall–Kier alpha value is -4.76. The minimum absolute atomic E-state index is 0.162. The van der Waals surface area contributed by atoms with Gasteiger partial charge in [-0.15, -0.1) is 0 Å². The highest BCUT2D eigenvalue weighted by Gasteiger charge is 2.27. The topological polar surface area (TPSA) is 64.1 Å². The number of hydrogen-bond acceptors (Lipinski definition) is 7. The first-order valence-electron chi connectivity index (χ1n) is 18.8. The molecule has 0 atom stereocenters. The molecule has 1 aromatic heterocycles. The first-order valence-corrected chi connectivity index (χ1v) is 18.8. The normalized spacial score (nSPS) is 15.3. The molecule has 0 unspecified atom stereocenters. The average Bonchev–Trinajstić information content (AvgIpc) is 3.88. The number of aromatic nitrogens is 1. The fraction of sp³-hybridized carbons (Fsp3) is 0.409. The van der Waals surface area contributed by atoms with E-state index < -0.39 is 12.5 Å². The number of ether oxygens (including phenoxy) is 3. The summed E-state index contributed by atoms with van der Waals surface area (Å²) in [6.07, 6.45) is 17.0. The second kappa shape index (κ2) is 20.5. The van der Waals surface area contributed by atoms with Gasteiger partial charge in [0.15, 0.2) is 6.61 Å². The molecule has 2 fully saturated rings. The molecular formula is C44H53F2N3O4. The number of fused-ring (bicyclic) bond motifs is 1. The molecule has 1 aliphatic carbocycles. The van der Waals surface area contributed by atoms with E-state index in [0.29, 0.717) is 24.7 Å². The molecule has 9 heteroatoms. The zero-order chi connectivity index (χ0) is 37.3. The highest BCUT2D eigenvalue weighted by Crippen LogP contribution is 2.30. The number of anilines is 1. The maximum absolute atomic E-state index is 13.6.